The van der Waals surface area contributed by atoms with Gasteiger partial charge in [-0.15, -0.1) is 0 Å². The van der Waals surface area contributed by atoms with Gasteiger partial charge in [0.15, 0.2) is 11.0 Å². The van der Waals surface area contributed by atoms with Gasteiger partial charge in [-0.2, -0.15) is 8.42 Å². The number of nitrogens with two attached hydrogens (primary N) is 3. The van der Waals surface area contributed by atoms with Gasteiger partial charge in [0, 0.05) is 6.54 Å². The van der Waals surface area contributed by atoms with Gasteiger partial charge in [0.1, 0.15) is 0 Å². The highest BCUT2D eigenvalue weighted by molar-refractivity contribution is 7.87. The molecular weight excluding hydrogens is 234 g/mol. The predicted molar refractivity (Wildman–Crippen MR) is 60.3 cm³/mol. The first kappa shape index (κ1) is 15.5. The molecule has 0 aromatic heterocycles. The lowest BCUT2D eigenvalue weighted by Gasteiger charge is -2.15. The average Bonchev–Trinajstić information content (AvgIpc) is 2.16. The Morgan fingerprint density at radius 2 is 1.81 bits per heavy atom. The zero-order chi connectivity index (χ0) is 12.8. The number of unbranched alkanes of at least 4 members (excludes halogenated alkanes) is 1. The van der Waals surface area contributed by atoms with Crippen molar-refractivity contribution in [3.05, 3.63) is 0 Å². The first-order valence-corrected chi connectivity index (χ1v) is 6.50. The van der Waals surface area contributed by atoms with Crippen LogP contribution in [0.2, 0.25) is 0 Å². The molecule has 0 aromatic carbocycles. The summed E-state index contributed by atoms with van der Waals surface area (Å²) in [6, 6.07) is -0.929. The molecule has 0 saturated carbocycles. The van der Waals surface area contributed by atoms with Crippen molar-refractivity contribution in [2.24, 2.45) is 17.2 Å². The second-order valence-corrected chi connectivity index (χ2v) is 5.13. The lowest BCUT2D eigenvalue weighted by Crippen LogP contribution is -2.46. The number of carbonyl (C=O) groups is 1. The van der Waals surface area contributed by atoms with Gasteiger partial charge in [0.05, 0.1) is 6.04 Å². The Kier molecular flexibility index (Phi) is 6.68. The molecule has 0 radical (unpaired) electrons. The summed E-state index contributed by atoms with van der Waals surface area (Å²) in [5.41, 5.74) is 15.9. The van der Waals surface area contributed by atoms with E-state index in [9.17, 15) is 13.2 Å². The molecule has 0 aliphatic carbocycles. The van der Waals surface area contributed by atoms with E-state index in [-0.39, 0.29) is 0 Å². The van der Waals surface area contributed by atoms with Crippen LogP contribution < -0.4 is 17.2 Å². The van der Waals surface area contributed by atoms with Crippen molar-refractivity contribution in [3.8, 4) is 0 Å². The Hall–Kier alpha value is -0.540. The van der Waals surface area contributed by atoms with Crippen molar-refractivity contribution in [2.75, 3.05) is 13.1 Å². The zero-order valence-electron chi connectivity index (χ0n) is 9.00. The fourth-order valence-corrected chi connectivity index (χ4v) is 1.99. The maximum absolute atomic E-state index is 11.5. The molecular formula is C8H19N3O4S. The van der Waals surface area contributed by atoms with Crippen LogP contribution in [0, 0.1) is 0 Å². The summed E-state index contributed by atoms with van der Waals surface area (Å²) >= 11 is 0. The van der Waals surface area contributed by atoms with E-state index in [1.54, 1.807) is 0 Å². The van der Waals surface area contributed by atoms with E-state index in [1.807, 2.05) is 0 Å². The molecule has 0 fully saturated rings. The highest BCUT2D eigenvalue weighted by atomic mass is 32.2. The molecule has 8 heteroatoms. The van der Waals surface area contributed by atoms with Crippen molar-refractivity contribution in [3.63, 3.8) is 0 Å². The molecule has 0 amide bonds. The summed E-state index contributed by atoms with van der Waals surface area (Å²) < 4.78 is 30.4. The third-order valence-corrected chi connectivity index (χ3v) is 3.37. The first-order chi connectivity index (χ1) is 7.34. The molecule has 0 aliphatic heterocycles. The quantitative estimate of drug-likeness (QED) is 0.295. The third-order valence-electron chi connectivity index (χ3n) is 2.23. The Bertz CT molecular complexity index is 317. The fourth-order valence-electron chi connectivity index (χ4n) is 1.27. The second kappa shape index (κ2) is 6.92. The van der Waals surface area contributed by atoms with Gasteiger partial charge in [0.2, 0.25) is 0 Å². The first-order valence-electron chi connectivity index (χ1n) is 5.00. The van der Waals surface area contributed by atoms with Gasteiger partial charge in [-0.25, -0.2) is 0 Å². The molecule has 0 saturated heterocycles. The molecule has 0 bridgehead atoms. The number of rotatable bonds is 8. The van der Waals surface area contributed by atoms with Gasteiger partial charge >= 0.3 is 0 Å². The maximum atomic E-state index is 11.5. The van der Waals surface area contributed by atoms with E-state index in [0.29, 0.717) is 25.8 Å². The largest absolute Gasteiger partial charge is 0.330 e. The highest BCUT2D eigenvalue weighted by Gasteiger charge is 2.32. The Labute approximate surface area is 95.1 Å². The lowest BCUT2D eigenvalue weighted by atomic mass is 10.0. The van der Waals surface area contributed by atoms with Gasteiger partial charge in [-0.3, -0.25) is 9.35 Å². The normalized spacial score (nSPS) is 15.8. The fraction of sp³-hybridized carbons (Fsp3) is 0.875. The van der Waals surface area contributed by atoms with Crippen molar-refractivity contribution in [1.29, 1.82) is 0 Å². The van der Waals surface area contributed by atoms with Crippen molar-refractivity contribution in [2.45, 2.75) is 30.6 Å². The zero-order valence-corrected chi connectivity index (χ0v) is 9.82. The molecule has 0 rings (SSSR count). The Morgan fingerprint density at radius 3 is 2.19 bits per heavy atom. The van der Waals surface area contributed by atoms with E-state index in [0.717, 1.165) is 0 Å². The number of Topliss-reactive ketones (excluding diaryl/α,β-unsaturated/α-hetero) is 1. The van der Waals surface area contributed by atoms with Crippen LogP contribution in [0.5, 0.6) is 0 Å². The van der Waals surface area contributed by atoms with Crippen LogP contribution in [-0.2, 0) is 14.9 Å². The summed E-state index contributed by atoms with van der Waals surface area (Å²) in [4.78, 5) is 11.5. The van der Waals surface area contributed by atoms with Crippen molar-refractivity contribution in [1.82, 2.24) is 0 Å². The van der Waals surface area contributed by atoms with Gasteiger partial charge in [0.25, 0.3) is 10.1 Å². The minimum Gasteiger partial charge on any atom is -0.330 e. The predicted octanol–water partition coefficient (Wildman–Crippen LogP) is -1.77. The number of ketones is 1. The molecule has 0 spiro atoms. The summed E-state index contributed by atoms with van der Waals surface area (Å²) in [6.45, 7) is 0.0157. The van der Waals surface area contributed by atoms with Crippen molar-refractivity contribution < 1.29 is 17.8 Å². The topological polar surface area (TPSA) is 149 Å². The second-order valence-electron chi connectivity index (χ2n) is 3.53. The summed E-state index contributed by atoms with van der Waals surface area (Å²) in [5, 5.41) is -1.62. The average molecular weight is 253 g/mol. The Morgan fingerprint density at radius 1 is 1.25 bits per heavy atom. The number of carbonyl (C=O) groups excluding carboxylic acids is 1. The van der Waals surface area contributed by atoms with E-state index in [2.05, 4.69) is 0 Å². The molecule has 1 unspecified atom stereocenters. The Balaban J connectivity index is 4.40. The molecule has 96 valence electrons. The minimum absolute atomic E-state index is 0.335. The number of hydrogen-bond acceptors (Lipinski definition) is 6. The van der Waals surface area contributed by atoms with E-state index < -0.39 is 33.7 Å². The van der Waals surface area contributed by atoms with Crippen LogP contribution >= 0.6 is 0 Å². The van der Waals surface area contributed by atoms with Gasteiger partial charge < -0.3 is 17.2 Å². The van der Waals surface area contributed by atoms with Crippen molar-refractivity contribution >= 4 is 15.9 Å². The summed E-state index contributed by atoms with van der Waals surface area (Å²) in [7, 11) is -4.47. The molecule has 16 heavy (non-hydrogen) atoms. The molecule has 0 aromatic rings. The monoisotopic (exact) mass is 253 g/mol. The van der Waals surface area contributed by atoms with Gasteiger partial charge in [-0.1, -0.05) is 6.42 Å². The maximum Gasteiger partial charge on any atom is 0.276 e. The molecule has 7 nitrogen and oxygen atoms in total. The summed E-state index contributed by atoms with van der Waals surface area (Å²) in [5.74, 6) is -0.748. The van der Waals surface area contributed by atoms with E-state index in [4.69, 9.17) is 21.8 Å². The number of hydrogen-bond donors (Lipinski definition) is 4. The molecule has 2 atom stereocenters. The van der Waals surface area contributed by atoms with Crippen LogP contribution in [0.15, 0.2) is 0 Å². The van der Waals surface area contributed by atoms with Crippen LogP contribution in [-0.4, -0.2) is 43.1 Å². The third kappa shape index (κ3) is 4.99. The van der Waals surface area contributed by atoms with E-state index >= 15 is 0 Å². The molecule has 7 N–H and O–H groups in total. The van der Waals surface area contributed by atoms with E-state index in [1.165, 1.54) is 0 Å². The smallest absolute Gasteiger partial charge is 0.276 e. The van der Waals surface area contributed by atoms with Crippen LogP contribution in [0.25, 0.3) is 0 Å². The SMILES string of the molecule is NCCCC[C@H](N)C(=O)C(CN)S(=O)(=O)O. The summed E-state index contributed by atoms with van der Waals surface area (Å²) in [6.07, 6.45) is 1.67. The highest BCUT2D eigenvalue weighted by Crippen LogP contribution is 2.06. The molecule has 0 aliphatic rings. The van der Waals surface area contributed by atoms with Crippen LogP contribution in [0.1, 0.15) is 19.3 Å². The lowest BCUT2D eigenvalue weighted by molar-refractivity contribution is -0.120. The van der Waals surface area contributed by atoms with Crippen LogP contribution in [0.4, 0.5) is 0 Å². The van der Waals surface area contributed by atoms with Crippen LogP contribution in [0.3, 0.4) is 0 Å². The standard InChI is InChI=1S/C8H19N3O4S/c9-4-2-1-3-6(11)8(12)7(5-10)16(13,14)15/h6-7H,1-5,9-11H2,(H,13,14,15)/t6-,7?/m0/s1. The molecule has 0 heterocycles. The van der Waals surface area contributed by atoms with Gasteiger partial charge in [-0.05, 0) is 19.4 Å². The minimum atomic E-state index is -4.47.